The van der Waals surface area contributed by atoms with E-state index in [1.54, 1.807) is 0 Å². The fourth-order valence-corrected chi connectivity index (χ4v) is 5.26. The quantitative estimate of drug-likeness (QED) is 0.464. The van der Waals surface area contributed by atoms with Crippen LogP contribution in [0.25, 0.3) is 5.57 Å². The van der Waals surface area contributed by atoms with Crippen LogP contribution in [0.1, 0.15) is 55.3 Å². The van der Waals surface area contributed by atoms with Gasteiger partial charge >= 0.3 is 0 Å². The standard InChI is InChI=1S/C30H36N2O/c1-2-3-22-33-26-15-12-24(13-16-26)23-31-18-20-32(21-19-31)30-17-14-25-8-4-5-9-27(25)28-10-6-7-11-29(28)30/h4,6-8,10-17,30H,2-3,5,9,18-23H2,1H3. The zero-order chi connectivity index (χ0) is 22.5. The first-order chi connectivity index (χ1) is 16.3. The lowest BCUT2D eigenvalue weighted by Crippen LogP contribution is -2.46. The van der Waals surface area contributed by atoms with Crippen LogP contribution in [0, 0.1) is 0 Å². The van der Waals surface area contributed by atoms with Gasteiger partial charge in [0.15, 0.2) is 0 Å². The van der Waals surface area contributed by atoms with Gasteiger partial charge in [0.25, 0.3) is 0 Å². The van der Waals surface area contributed by atoms with E-state index in [1.807, 2.05) is 0 Å². The van der Waals surface area contributed by atoms with Gasteiger partial charge in [-0.1, -0.05) is 74.0 Å². The number of unbranched alkanes of at least 4 members (excludes halogenated alkanes) is 1. The molecule has 2 aromatic rings. The zero-order valence-corrected chi connectivity index (χ0v) is 19.9. The molecule has 0 amide bonds. The van der Waals surface area contributed by atoms with Gasteiger partial charge in [-0.2, -0.15) is 0 Å². The summed E-state index contributed by atoms with van der Waals surface area (Å²) in [5.41, 5.74) is 7.22. The normalized spacial score (nSPS) is 20.9. The lowest BCUT2D eigenvalue weighted by atomic mass is 9.89. The molecule has 0 saturated carbocycles. The summed E-state index contributed by atoms with van der Waals surface area (Å²) < 4.78 is 5.81. The van der Waals surface area contributed by atoms with Crippen molar-refractivity contribution >= 4 is 5.57 Å². The Kier molecular flexibility index (Phi) is 7.09. The third-order valence-corrected chi connectivity index (χ3v) is 7.17. The Morgan fingerprint density at radius 3 is 2.58 bits per heavy atom. The number of allylic oxidation sites excluding steroid dienone is 5. The first-order valence-corrected chi connectivity index (χ1v) is 12.7. The molecule has 3 nitrogen and oxygen atoms in total. The molecular formula is C30H36N2O. The van der Waals surface area contributed by atoms with Crippen LogP contribution in [0.4, 0.5) is 0 Å². The third-order valence-electron chi connectivity index (χ3n) is 7.17. The highest BCUT2D eigenvalue weighted by Gasteiger charge is 2.27. The largest absolute Gasteiger partial charge is 0.494 e. The fraction of sp³-hybridized carbons (Fsp3) is 0.400. The first-order valence-electron chi connectivity index (χ1n) is 12.7. The number of piperazine rings is 1. The van der Waals surface area contributed by atoms with Crippen molar-refractivity contribution in [2.75, 3.05) is 32.8 Å². The van der Waals surface area contributed by atoms with Crippen molar-refractivity contribution in [1.82, 2.24) is 9.80 Å². The molecule has 2 aromatic carbocycles. The third kappa shape index (κ3) is 5.15. The van der Waals surface area contributed by atoms with Crippen LogP contribution in [0.15, 0.2) is 78.4 Å². The van der Waals surface area contributed by atoms with Gasteiger partial charge in [-0.05, 0) is 59.2 Å². The van der Waals surface area contributed by atoms with Gasteiger partial charge in [-0.3, -0.25) is 9.80 Å². The molecule has 1 unspecified atom stereocenters. The van der Waals surface area contributed by atoms with Crippen LogP contribution in [0.5, 0.6) is 5.75 Å². The fourth-order valence-electron chi connectivity index (χ4n) is 5.26. The van der Waals surface area contributed by atoms with Crippen molar-refractivity contribution in [1.29, 1.82) is 0 Å². The maximum atomic E-state index is 5.81. The van der Waals surface area contributed by atoms with Gasteiger partial charge in [0.1, 0.15) is 5.75 Å². The molecule has 2 aliphatic carbocycles. The molecule has 172 valence electrons. The summed E-state index contributed by atoms with van der Waals surface area (Å²) in [6.07, 6.45) is 14.0. The molecule has 1 atom stereocenters. The van der Waals surface area contributed by atoms with Gasteiger partial charge in [0, 0.05) is 32.7 Å². The lowest BCUT2D eigenvalue weighted by molar-refractivity contribution is 0.107. The minimum absolute atomic E-state index is 0.363. The zero-order valence-electron chi connectivity index (χ0n) is 19.9. The molecule has 1 saturated heterocycles. The van der Waals surface area contributed by atoms with E-state index >= 15 is 0 Å². The Morgan fingerprint density at radius 1 is 0.939 bits per heavy atom. The second-order valence-electron chi connectivity index (χ2n) is 9.42. The summed E-state index contributed by atoms with van der Waals surface area (Å²) in [5.74, 6) is 0.988. The summed E-state index contributed by atoms with van der Waals surface area (Å²) in [7, 11) is 0. The summed E-state index contributed by atoms with van der Waals surface area (Å²) in [6.45, 7) is 8.43. The van der Waals surface area contributed by atoms with Crippen molar-refractivity contribution in [3.8, 4) is 5.75 Å². The van der Waals surface area contributed by atoms with E-state index in [0.717, 1.165) is 64.3 Å². The van der Waals surface area contributed by atoms with E-state index in [2.05, 4.69) is 89.6 Å². The smallest absolute Gasteiger partial charge is 0.119 e. The van der Waals surface area contributed by atoms with E-state index in [1.165, 1.54) is 34.3 Å². The second kappa shape index (κ2) is 10.5. The molecule has 5 rings (SSSR count). The van der Waals surface area contributed by atoms with E-state index in [-0.39, 0.29) is 0 Å². The Bertz CT molecular complexity index is 1030. The molecular weight excluding hydrogens is 404 g/mol. The molecule has 3 heteroatoms. The van der Waals surface area contributed by atoms with Gasteiger partial charge < -0.3 is 4.74 Å². The van der Waals surface area contributed by atoms with Crippen molar-refractivity contribution in [3.05, 3.63) is 95.1 Å². The molecule has 33 heavy (non-hydrogen) atoms. The van der Waals surface area contributed by atoms with Crippen molar-refractivity contribution in [2.45, 2.75) is 45.2 Å². The van der Waals surface area contributed by atoms with E-state index in [4.69, 9.17) is 4.74 Å². The second-order valence-corrected chi connectivity index (χ2v) is 9.42. The minimum Gasteiger partial charge on any atom is -0.494 e. The highest BCUT2D eigenvalue weighted by atomic mass is 16.5. The maximum Gasteiger partial charge on any atom is 0.119 e. The van der Waals surface area contributed by atoms with Crippen LogP contribution in [0.3, 0.4) is 0 Å². The van der Waals surface area contributed by atoms with Crippen molar-refractivity contribution in [2.24, 2.45) is 0 Å². The topological polar surface area (TPSA) is 15.7 Å². The average Bonchev–Trinajstić information content (AvgIpc) is 3.03. The number of nitrogens with zero attached hydrogens (tertiary/aromatic N) is 2. The van der Waals surface area contributed by atoms with Crippen LogP contribution >= 0.6 is 0 Å². The molecule has 0 spiro atoms. The van der Waals surface area contributed by atoms with E-state index in [0.29, 0.717) is 6.04 Å². The monoisotopic (exact) mass is 440 g/mol. The number of hydrogen-bond acceptors (Lipinski definition) is 3. The maximum absolute atomic E-state index is 5.81. The molecule has 0 N–H and O–H groups in total. The van der Waals surface area contributed by atoms with Crippen LogP contribution in [0.2, 0.25) is 0 Å². The van der Waals surface area contributed by atoms with Gasteiger partial charge in [0.2, 0.25) is 0 Å². The molecule has 0 bridgehead atoms. The Hall–Kier alpha value is -2.62. The van der Waals surface area contributed by atoms with Crippen LogP contribution < -0.4 is 4.74 Å². The minimum atomic E-state index is 0.363. The van der Waals surface area contributed by atoms with E-state index in [9.17, 15) is 0 Å². The predicted octanol–water partition coefficient (Wildman–Crippen LogP) is 6.40. The summed E-state index contributed by atoms with van der Waals surface area (Å²) in [4.78, 5) is 5.25. The van der Waals surface area contributed by atoms with Gasteiger partial charge in [-0.15, -0.1) is 0 Å². The molecule has 1 fully saturated rings. The molecule has 1 heterocycles. The molecule has 1 aliphatic heterocycles. The molecule has 0 radical (unpaired) electrons. The highest BCUT2D eigenvalue weighted by Crippen LogP contribution is 2.39. The number of fused-ring (bicyclic) bond motifs is 2. The lowest BCUT2D eigenvalue weighted by Gasteiger charge is -2.39. The SMILES string of the molecule is CCCCOc1ccc(CN2CCN(C3C=CC4=C(CCC=C4)c4ccccc43)CC2)cc1. The number of rotatable bonds is 7. The summed E-state index contributed by atoms with van der Waals surface area (Å²) in [5, 5.41) is 0. The van der Waals surface area contributed by atoms with E-state index < -0.39 is 0 Å². The summed E-state index contributed by atoms with van der Waals surface area (Å²) in [6, 6.07) is 18.1. The van der Waals surface area contributed by atoms with Gasteiger partial charge in [0.05, 0.1) is 12.6 Å². The van der Waals surface area contributed by atoms with Crippen LogP contribution in [-0.2, 0) is 6.54 Å². The van der Waals surface area contributed by atoms with Crippen LogP contribution in [-0.4, -0.2) is 42.6 Å². The first kappa shape index (κ1) is 22.2. The highest BCUT2D eigenvalue weighted by molar-refractivity contribution is 5.78. The number of hydrogen-bond donors (Lipinski definition) is 0. The molecule has 0 aromatic heterocycles. The Balaban J connectivity index is 1.21. The molecule has 3 aliphatic rings. The van der Waals surface area contributed by atoms with Crippen molar-refractivity contribution < 1.29 is 4.74 Å². The predicted molar refractivity (Wildman–Crippen MR) is 137 cm³/mol. The number of ether oxygens (including phenoxy) is 1. The number of benzene rings is 2. The average molecular weight is 441 g/mol. The van der Waals surface area contributed by atoms with Crippen molar-refractivity contribution in [3.63, 3.8) is 0 Å². The summed E-state index contributed by atoms with van der Waals surface area (Å²) >= 11 is 0. The Labute approximate surface area is 199 Å². The Morgan fingerprint density at radius 2 is 1.76 bits per heavy atom. The van der Waals surface area contributed by atoms with Gasteiger partial charge in [-0.25, -0.2) is 0 Å².